The van der Waals surface area contributed by atoms with Crippen LogP contribution in [-0.2, 0) is 16.1 Å². The molecule has 120 valence electrons. The van der Waals surface area contributed by atoms with E-state index in [2.05, 4.69) is 5.32 Å². The van der Waals surface area contributed by atoms with E-state index in [9.17, 15) is 9.59 Å². The Bertz CT molecular complexity index is 525. The van der Waals surface area contributed by atoms with Gasteiger partial charge in [0.1, 0.15) is 0 Å². The van der Waals surface area contributed by atoms with Crippen molar-refractivity contribution < 1.29 is 9.59 Å². The molecule has 2 atom stereocenters. The number of hydrogen-bond acceptors (Lipinski definition) is 3. The van der Waals surface area contributed by atoms with Crippen LogP contribution in [0, 0.1) is 12.8 Å². The number of likely N-dealkylation sites (tertiary alicyclic amines) is 1. The van der Waals surface area contributed by atoms with Crippen molar-refractivity contribution in [1.29, 1.82) is 0 Å². The lowest BCUT2D eigenvalue weighted by molar-refractivity contribution is -0.129. The van der Waals surface area contributed by atoms with Gasteiger partial charge in [0.2, 0.25) is 11.8 Å². The molecule has 5 heteroatoms. The lowest BCUT2D eigenvalue weighted by Gasteiger charge is -2.17. The summed E-state index contributed by atoms with van der Waals surface area (Å²) in [4.78, 5) is 25.9. The maximum atomic E-state index is 12.1. The molecule has 2 rings (SSSR count). The van der Waals surface area contributed by atoms with E-state index in [1.54, 1.807) is 4.90 Å². The van der Waals surface area contributed by atoms with Gasteiger partial charge in [0.15, 0.2) is 0 Å². The van der Waals surface area contributed by atoms with Crippen molar-refractivity contribution >= 4 is 11.8 Å². The van der Waals surface area contributed by atoms with Gasteiger partial charge in [0.05, 0.1) is 5.92 Å². The average Bonchev–Trinajstić information content (AvgIpc) is 2.82. The third-order valence-corrected chi connectivity index (χ3v) is 3.98. The molecule has 1 aromatic rings. The predicted octanol–water partition coefficient (Wildman–Crippen LogP) is 1.20. The highest BCUT2D eigenvalue weighted by atomic mass is 16.2. The highest BCUT2D eigenvalue weighted by Gasteiger charge is 2.33. The van der Waals surface area contributed by atoms with Crippen LogP contribution in [0.3, 0.4) is 0 Å². The van der Waals surface area contributed by atoms with Crippen LogP contribution < -0.4 is 11.1 Å². The zero-order chi connectivity index (χ0) is 16.1. The number of carbonyl (C=O) groups is 2. The van der Waals surface area contributed by atoms with E-state index >= 15 is 0 Å². The lowest BCUT2D eigenvalue weighted by atomic mass is 10.1. The van der Waals surface area contributed by atoms with Gasteiger partial charge < -0.3 is 16.0 Å². The van der Waals surface area contributed by atoms with Crippen LogP contribution in [0.25, 0.3) is 0 Å². The van der Waals surface area contributed by atoms with Crippen LogP contribution in [-0.4, -0.2) is 35.8 Å². The first-order valence-corrected chi connectivity index (χ1v) is 7.82. The Morgan fingerprint density at radius 3 is 2.73 bits per heavy atom. The van der Waals surface area contributed by atoms with Crippen molar-refractivity contribution in [2.24, 2.45) is 11.7 Å². The number of carbonyl (C=O) groups excluding carboxylic acids is 2. The fraction of sp³-hybridized carbons (Fsp3) is 0.529. The minimum absolute atomic E-state index is 0.0413. The van der Waals surface area contributed by atoms with Crippen LogP contribution in [0.2, 0.25) is 0 Å². The van der Waals surface area contributed by atoms with Crippen LogP contribution >= 0.6 is 0 Å². The molecule has 2 amide bonds. The number of amides is 2. The number of nitrogens with zero attached hydrogens (tertiary/aromatic N) is 1. The SMILES string of the molecule is Cc1ccc(CN2CC(C(=O)NCCC(C)N)CC2=O)cc1. The van der Waals surface area contributed by atoms with E-state index < -0.39 is 0 Å². The Labute approximate surface area is 131 Å². The zero-order valence-electron chi connectivity index (χ0n) is 13.3. The molecule has 1 aromatic carbocycles. The minimum Gasteiger partial charge on any atom is -0.356 e. The molecule has 1 aliphatic rings. The van der Waals surface area contributed by atoms with Crippen molar-refractivity contribution in [3.8, 4) is 0 Å². The van der Waals surface area contributed by atoms with Crippen LogP contribution in [0.15, 0.2) is 24.3 Å². The lowest BCUT2D eigenvalue weighted by Crippen LogP contribution is -2.35. The fourth-order valence-corrected chi connectivity index (χ4v) is 2.58. The van der Waals surface area contributed by atoms with Crippen LogP contribution in [0.1, 0.15) is 30.9 Å². The number of rotatable bonds is 6. The summed E-state index contributed by atoms with van der Waals surface area (Å²) >= 11 is 0. The molecule has 22 heavy (non-hydrogen) atoms. The summed E-state index contributed by atoms with van der Waals surface area (Å²) in [6.45, 7) is 5.58. The molecule has 5 nitrogen and oxygen atoms in total. The second kappa shape index (κ2) is 7.40. The van der Waals surface area contributed by atoms with Crippen LogP contribution in [0.4, 0.5) is 0 Å². The largest absolute Gasteiger partial charge is 0.356 e. The Balaban J connectivity index is 1.85. The average molecular weight is 303 g/mol. The van der Waals surface area contributed by atoms with Crippen molar-refractivity contribution in [2.75, 3.05) is 13.1 Å². The van der Waals surface area contributed by atoms with Gasteiger partial charge in [-0.05, 0) is 25.8 Å². The predicted molar refractivity (Wildman–Crippen MR) is 86.0 cm³/mol. The molecule has 3 N–H and O–H groups in total. The maximum Gasteiger partial charge on any atom is 0.225 e. The molecule has 2 unspecified atom stereocenters. The van der Waals surface area contributed by atoms with Gasteiger partial charge in [0, 0.05) is 32.1 Å². The minimum atomic E-state index is -0.244. The van der Waals surface area contributed by atoms with Gasteiger partial charge in [0.25, 0.3) is 0 Å². The topological polar surface area (TPSA) is 75.4 Å². The van der Waals surface area contributed by atoms with Crippen LogP contribution in [0.5, 0.6) is 0 Å². The maximum absolute atomic E-state index is 12.1. The summed E-state index contributed by atoms with van der Waals surface area (Å²) in [5, 5.41) is 2.87. The van der Waals surface area contributed by atoms with E-state index in [4.69, 9.17) is 5.73 Å². The van der Waals surface area contributed by atoms with Gasteiger partial charge in [-0.25, -0.2) is 0 Å². The molecule has 0 saturated carbocycles. The molecule has 0 aliphatic carbocycles. The second-order valence-electron chi connectivity index (χ2n) is 6.22. The summed E-state index contributed by atoms with van der Waals surface area (Å²) in [7, 11) is 0. The smallest absolute Gasteiger partial charge is 0.225 e. The van der Waals surface area contributed by atoms with E-state index in [0.717, 1.165) is 12.0 Å². The van der Waals surface area contributed by atoms with Gasteiger partial charge in [-0.1, -0.05) is 29.8 Å². The molecule has 0 bridgehead atoms. The Hall–Kier alpha value is -1.88. The summed E-state index contributed by atoms with van der Waals surface area (Å²) in [6.07, 6.45) is 1.05. The highest BCUT2D eigenvalue weighted by Crippen LogP contribution is 2.20. The van der Waals surface area contributed by atoms with Crippen molar-refractivity contribution in [2.45, 2.75) is 39.3 Å². The number of hydrogen-bond donors (Lipinski definition) is 2. The third kappa shape index (κ3) is 4.56. The van der Waals surface area contributed by atoms with Gasteiger partial charge >= 0.3 is 0 Å². The molecular weight excluding hydrogens is 278 g/mol. The molecule has 0 aromatic heterocycles. The normalized spacial score (nSPS) is 19.3. The quantitative estimate of drug-likeness (QED) is 0.829. The second-order valence-corrected chi connectivity index (χ2v) is 6.22. The van der Waals surface area contributed by atoms with Crippen molar-refractivity contribution in [1.82, 2.24) is 10.2 Å². The third-order valence-electron chi connectivity index (χ3n) is 3.98. The van der Waals surface area contributed by atoms with Gasteiger partial charge in [-0.15, -0.1) is 0 Å². The molecule has 0 spiro atoms. The van der Waals surface area contributed by atoms with Gasteiger partial charge in [-0.3, -0.25) is 9.59 Å². The number of aryl methyl sites for hydroxylation is 1. The van der Waals surface area contributed by atoms with Crippen molar-refractivity contribution in [3.05, 3.63) is 35.4 Å². The molecular formula is C17H25N3O2. The molecule has 0 radical (unpaired) electrons. The van der Waals surface area contributed by atoms with Crippen molar-refractivity contribution in [3.63, 3.8) is 0 Å². The van der Waals surface area contributed by atoms with E-state index in [1.165, 1.54) is 5.56 Å². The Morgan fingerprint density at radius 2 is 2.09 bits per heavy atom. The fourth-order valence-electron chi connectivity index (χ4n) is 2.58. The first-order valence-electron chi connectivity index (χ1n) is 7.82. The molecule has 1 fully saturated rings. The van der Waals surface area contributed by atoms with E-state index in [1.807, 2.05) is 38.1 Å². The summed E-state index contributed by atoms with van der Waals surface area (Å²) < 4.78 is 0. The van der Waals surface area contributed by atoms with Gasteiger partial charge in [-0.2, -0.15) is 0 Å². The summed E-state index contributed by atoms with van der Waals surface area (Å²) in [6, 6.07) is 8.20. The molecule has 1 aliphatic heterocycles. The Kier molecular flexibility index (Phi) is 5.55. The summed E-state index contributed by atoms with van der Waals surface area (Å²) in [5.74, 6) is -0.237. The monoisotopic (exact) mass is 303 g/mol. The first kappa shape index (κ1) is 16.5. The number of benzene rings is 1. The summed E-state index contributed by atoms with van der Waals surface area (Å²) in [5.41, 5.74) is 7.95. The molecule has 1 heterocycles. The number of nitrogens with one attached hydrogen (secondary N) is 1. The highest BCUT2D eigenvalue weighted by molar-refractivity contribution is 5.89. The van der Waals surface area contributed by atoms with E-state index in [0.29, 0.717) is 26.1 Å². The molecule has 1 saturated heterocycles. The van der Waals surface area contributed by atoms with E-state index in [-0.39, 0.29) is 23.8 Å². The number of nitrogens with two attached hydrogens (primary N) is 1. The Morgan fingerprint density at radius 1 is 1.41 bits per heavy atom. The first-order chi connectivity index (χ1) is 10.5. The zero-order valence-corrected chi connectivity index (χ0v) is 13.3. The standard InChI is InChI=1S/C17H25N3O2/c1-12-3-5-14(6-4-12)10-20-11-15(9-16(20)21)17(22)19-8-7-13(2)18/h3-6,13,15H,7-11,18H2,1-2H3,(H,19,22).